The van der Waals surface area contributed by atoms with E-state index in [1.165, 1.54) is 5.56 Å². The molecule has 0 aliphatic carbocycles. The molecule has 0 bridgehead atoms. The zero-order valence-corrected chi connectivity index (χ0v) is 18.1. The van der Waals surface area contributed by atoms with Gasteiger partial charge in [0.2, 0.25) is 0 Å². The van der Waals surface area contributed by atoms with Crippen molar-refractivity contribution in [2.45, 2.75) is 46.6 Å². The van der Waals surface area contributed by atoms with Crippen molar-refractivity contribution in [3.63, 3.8) is 0 Å². The second kappa shape index (κ2) is 9.55. The first-order chi connectivity index (χ1) is 14.0. The summed E-state index contributed by atoms with van der Waals surface area (Å²) in [6.07, 6.45) is 2.54. The van der Waals surface area contributed by atoms with Crippen LogP contribution in [0.25, 0.3) is 5.69 Å². The van der Waals surface area contributed by atoms with Gasteiger partial charge in [-0.3, -0.25) is 9.69 Å². The zero-order valence-electron chi connectivity index (χ0n) is 18.1. The van der Waals surface area contributed by atoms with Crippen molar-refractivity contribution in [1.29, 1.82) is 0 Å². The average Bonchev–Trinajstić information content (AvgIpc) is 3.05. The molecule has 0 saturated carbocycles. The predicted octanol–water partition coefficient (Wildman–Crippen LogP) is 3.67. The molecule has 0 unspecified atom stereocenters. The Bertz CT molecular complexity index is 833. The summed E-state index contributed by atoms with van der Waals surface area (Å²) in [5.41, 5.74) is 3.96. The van der Waals surface area contributed by atoms with Crippen molar-refractivity contribution in [2.75, 3.05) is 33.4 Å². The number of carbonyl (C=O) groups excluding carboxylic acids is 1. The molecule has 1 aromatic carbocycles. The molecule has 0 amide bonds. The highest BCUT2D eigenvalue weighted by Crippen LogP contribution is 2.36. The van der Waals surface area contributed by atoms with Gasteiger partial charge in [0.1, 0.15) is 0 Å². The maximum Gasteiger partial charge on any atom is 0.313 e. The van der Waals surface area contributed by atoms with Gasteiger partial charge in [-0.1, -0.05) is 12.1 Å². The van der Waals surface area contributed by atoms with E-state index in [-0.39, 0.29) is 5.97 Å². The minimum atomic E-state index is -0.475. The van der Waals surface area contributed by atoms with Crippen LogP contribution in [-0.4, -0.2) is 54.1 Å². The van der Waals surface area contributed by atoms with E-state index in [2.05, 4.69) is 47.3 Å². The maximum atomic E-state index is 12.8. The summed E-state index contributed by atoms with van der Waals surface area (Å²) in [6, 6.07) is 10.6. The number of methoxy groups -OCH3 is 1. The van der Waals surface area contributed by atoms with Gasteiger partial charge in [0, 0.05) is 32.5 Å². The third-order valence-corrected chi connectivity index (χ3v) is 5.72. The fourth-order valence-corrected chi connectivity index (χ4v) is 4.35. The summed E-state index contributed by atoms with van der Waals surface area (Å²) in [5, 5.41) is 4.60. The van der Waals surface area contributed by atoms with Crippen molar-refractivity contribution in [3.8, 4) is 5.69 Å². The summed E-state index contributed by atoms with van der Waals surface area (Å²) in [4.78, 5) is 15.2. The van der Waals surface area contributed by atoms with E-state index in [0.717, 1.165) is 43.0 Å². The number of aryl methyl sites for hydroxylation is 2. The predicted molar refractivity (Wildman–Crippen MR) is 113 cm³/mol. The van der Waals surface area contributed by atoms with Crippen molar-refractivity contribution in [1.82, 2.24) is 14.7 Å². The molecule has 1 saturated heterocycles. The van der Waals surface area contributed by atoms with Gasteiger partial charge in [0.05, 0.1) is 23.4 Å². The molecule has 29 heavy (non-hydrogen) atoms. The van der Waals surface area contributed by atoms with E-state index in [4.69, 9.17) is 9.47 Å². The average molecular weight is 400 g/mol. The Morgan fingerprint density at radius 2 is 2.10 bits per heavy atom. The van der Waals surface area contributed by atoms with Gasteiger partial charge in [-0.15, -0.1) is 0 Å². The van der Waals surface area contributed by atoms with Crippen LogP contribution < -0.4 is 0 Å². The number of hydrogen-bond donors (Lipinski definition) is 0. The van der Waals surface area contributed by atoms with Crippen LogP contribution in [0.15, 0.2) is 30.3 Å². The Labute approximate surface area is 173 Å². The number of hydrogen-bond acceptors (Lipinski definition) is 5. The summed E-state index contributed by atoms with van der Waals surface area (Å²) in [7, 11) is 1.68. The highest BCUT2D eigenvalue weighted by molar-refractivity contribution is 5.77. The Morgan fingerprint density at radius 3 is 2.79 bits per heavy atom. The van der Waals surface area contributed by atoms with Crippen molar-refractivity contribution < 1.29 is 14.3 Å². The first-order valence-corrected chi connectivity index (χ1v) is 10.5. The summed E-state index contributed by atoms with van der Waals surface area (Å²) in [6.45, 7) is 9.43. The molecule has 1 fully saturated rings. The highest BCUT2D eigenvalue weighted by Gasteiger charge is 2.43. The van der Waals surface area contributed by atoms with Crippen molar-refractivity contribution in [2.24, 2.45) is 5.41 Å². The van der Waals surface area contributed by atoms with Crippen LogP contribution in [0.5, 0.6) is 0 Å². The molecular formula is C23H33N3O3. The van der Waals surface area contributed by atoms with Crippen molar-refractivity contribution in [3.05, 3.63) is 47.3 Å². The van der Waals surface area contributed by atoms with E-state index in [1.54, 1.807) is 7.11 Å². The number of nitrogens with zero attached hydrogens (tertiary/aromatic N) is 3. The molecule has 2 aromatic rings. The topological polar surface area (TPSA) is 56.6 Å². The second-order valence-electron chi connectivity index (χ2n) is 8.07. The van der Waals surface area contributed by atoms with Crippen molar-refractivity contribution >= 4 is 5.97 Å². The van der Waals surface area contributed by atoms with Gasteiger partial charge < -0.3 is 9.47 Å². The lowest BCUT2D eigenvalue weighted by atomic mass is 9.77. The minimum absolute atomic E-state index is 0.0851. The minimum Gasteiger partial charge on any atom is -0.466 e. The number of ether oxygens (including phenoxy) is 2. The largest absolute Gasteiger partial charge is 0.466 e. The van der Waals surface area contributed by atoms with Gasteiger partial charge in [0.25, 0.3) is 0 Å². The molecule has 1 aromatic heterocycles. The van der Waals surface area contributed by atoms with E-state index < -0.39 is 5.41 Å². The van der Waals surface area contributed by atoms with Crippen LogP contribution in [0.3, 0.4) is 0 Å². The lowest BCUT2D eigenvalue weighted by Crippen LogP contribution is -2.48. The smallest absolute Gasteiger partial charge is 0.313 e. The SMILES string of the molecule is CCOC(=O)[C@]1(CCOC)CCCN(Cc2cccc(-n3nc(C)cc3C)c2)C1. The molecule has 158 valence electrons. The Kier molecular flexibility index (Phi) is 7.09. The van der Waals surface area contributed by atoms with Gasteiger partial charge in [-0.05, 0) is 70.3 Å². The Morgan fingerprint density at radius 1 is 1.28 bits per heavy atom. The zero-order chi connectivity index (χ0) is 20.9. The second-order valence-corrected chi connectivity index (χ2v) is 8.07. The molecule has 6 nitrogen and oxygen atoms in total. The standard InChI is InChI=1S/C23H33N3O3/c1-5-29-22(27)23(11-13-28-4)10-7-12-25(17-23)16-20-8-6-9-21(15-20)26-19(3)14-18(2)24-26/h6,8-9,14-15H,5,7,10-13,16-17H2,1-4H3/t23-/m0/s1. The van der Waals surface area contributed by atoms with Gasteiger partial charge >= 0.3 is 5.97 Å². The third kappa shape index (κ3) is 5.06. The summed E-state index contributed by atoms with van der Waals surface area (Å²) < 4.78 is 12.7. The first-order valence-electron chi connectivity index (χ1n) is 10.5. The molecule has 1 aliphatic rings. The number of aromatic nitrogens is 2. The van der Waals surface area contributed by atoms with Crippen LogP contribution in [0.2, 0.25) is 0 Å². The third-order valence-electron chi connectivity index (χ3n) is 5.72. The molecule has 0 spiro atoms. The molecule has 0 N–H and O–H groups in total. The van der Waals surface area contributed by atoms with E-state index in [1.807, 2.05) is 18.5 Å². The molecule has 2 heterocycles. The van der Waals surface area contributed by atoms with Crippen LogP contribution in [-0.2, 0) is 20.8 Å². The number of carbonyl (C=O) groups is 1. The normalized spacial score (nSPS) is 20.0. The fraction of sp³-hybridized carbons (Fsp3) is 0.565. The lowest BCUT2D eigenvalue weighted by molar-refractivity contribution is -0.160. The van der Waals surface area contributed by atoms with Gasteiger partial charge in [0.15, 0.2) is 0 Å². The van der Waals surface area contributed by atoms with Crippen LogP contribution in [0.4, 0.5) is 0 Å². The van der Waals surface area contributed by atoms with Gasteiger partial charge in [-0.25, -0.2) is 4.68 Å². The number of esters is 1. The lowest BCUT2D eigenvalue weighted by Gasteiger charge is -2.41. The van der Waals surface area contributed by atoms with E-state index >= 15 is 0 Å². The number of piperidine rings is 1. The number of benzene rings is 1. The summed E-state index contributed by atoms with van der Waals surface area (Å²) in [5.74, 6) is -0.0851. The maximum absolute atomic E-state index is 12.8. The van der Waals surface area contributed by atoms with Crippen LogP contribution in [0, 0.1) is 19.3 Å². The van der Waals surface area contributed by atoms with Crippen LogP contribution >= 0.6 is 0 Å². The monoisotopic (exact) mass is 399 g/mol. The number of rotatable bonds is 8. The molecule has 6 heteroatoms. The molecular weight excluding hydrogens is 366 g/mol. The quantitative estimate of drug-likeness (QED) is 0.634. The fourth-order valence-electron chi connectivity index (χ4n) is 4.35. The molecule has 1 aliphatic heterocycles. The molecule has 3 rings (SSSR count). The number of likely N-dealkylation sites (tertiary alicyclic amines) is 1. The molecule has 1 atom stereocenters. The first kappa shape index (κ1) is 21.5. The van der Waals surface area contributed by atoms with Gasteiger partial charge in [-0.2, -0.15) is 5.10 Å². The Hall–Kier alpha value is -2.18. The van der Waals surface area contributed by atoms with E-state index in [9.17, 15) is 4.79 Å². The Balaban J connectivity index is 1.76. The van der Waals surface area contributed by atoms with E-state index in [0.29, 0.717) is 26.2 Å². The molecule has 0 radical (unpaired) electrons. The van der Waals surface area contributed by atoms with Crippen LogP contribution in [0.1, 0.15) is 43.1 Å². The summed E-state index contributed by atoms with van der Waals surface area (Å²) >= 11 is 0. The highest BCUT2D eigenvalue weighted by atomic mass is 16.5.